The molecule has 0 fully saturated rings. The fourth-order valence-corrected chi connectivity index (χ4v) is 2.53. The molecular weight excluding hydrogens is 390 g/mol. The summed E-state index contributed by atoms with van der Waals surface area (Å²) in [6.07, 6.45) is 4.66. The average molecular weight is 408 g/mol. The normalized spacial score (nSPS) is 10.6. The molecule has 0 saturated carbocycles. The van der Waals surface area contributed by atoms with Crippen molar-refractivity contribution >= 4 is 35.2 Å². The molecule has 0 aliphatic rings. The van der Waals surface area contributed by atoms with E-state index in [4.69, 9.17) is 16.3 Å². The maximum Gasteiger partial charge on any atom is 0.269 e. The van der Waals surface area contributed by atoms with Crippen LogP contribution in [0.4, 0.5) is 5.69 Å². The zero-order valence-corrected chi connectivity index (χ0v) is 16.3. The molecule has 1 aromatic heterocycles. The molecule has 0 aliphatic heterocycles. The smallest absolute Gasteiger partial charge is 0.269 e. The van der Waals surface area contributed by atoms with Gasteiger partial charge in [-0.05, 0) is 54.1 Å². The van der Waals surface area contributed by atoms with Crippen molar-refractivity contribution in [3.8, 4) is 11.5 Å². The van der Waals surface area contributed by atoms with Gasteiger partial charge in [0.2, 0.25) is 5.91 Å². The summed E-state index contributed by atoms with van der Waals surface area (Å²) in [4.78, 5) is 27.7. The highest BCUT2D eigenvalue weighted by molar-refractivity contribution is 6.30. The number of benzene rings is 2. The van der Waals surface area contributed by atoms with Gasteiger partial charge in [-0.15, -0.1) is 0 Å². The van der Waals surface area contributed by atoms with Crippen LogP contribution in [-0.2, 0) is 4.79 Å². The van der Waals surface area contributed by atoms with Crippen LogP contribution in [-0.4, -0.2) is 23.8 Å². The Morgan fingerprint density at radius 3 is 2.41 bits per heavy atom. The molecule has 0 bridgehead atoms. The van der Waals surface area contributed by atoms with Gasteiger partial charge in [0.25, 0.3) is 5.91 Å². The standard InChI is InChI=1S/C22H18ClN3O3/c1-24-22(28)20-14-19(12-13-25-20)29-18-9-7-17(8-10-18)26-21(27)11-4-15-2-5-16(23)6-3-15/h2-14H,1H3,(H,24,28)(H,26,27)/b11-4+. The van der Waals surface area contributed by atoms with E-state index in [-0.39, 0.29) is 17.5 Å². The number of amides is 2. The Kier molecular flexibility index (Phi) is 6.60. The van der Waals surface area contributed by atoms with Crippen molar-refractivity contribution < 1.29 is 14.3 Å². The predicted octanol–water partition coefficient (Wildman–Crippen LogP) is 4.54. The van der Waals surface area contributed by atoms with Crippen molar-refractivity contribution in [1.82, 2.24) is 10.3 Å². The number of pyridine rings is 1. The number of halogens is 1. The van der Waals surface area contributed by atoms with E-state index in [2.05, 4.69) is 15.6 Å². The summed E-state index contributed by atoms with van der Waals surface area (Å²) in [7, 11) is 1.54. The van der Waals surface area contributed by atoms with E-state index in [9.17, 15) is 9.59 Å². The molecule has 6 nitrogen and oxygen atoms in total. The highest BCUT2D eigenvalue weighted by atomic mass is 35.5. The Morgan fingerprint density at radius 1 is 1.00 bits per heavy atom. The summed E-state index contributed by atoms with van der Waals surface area (Å²) in [6, 6.07) is 17.3. The van der Waals surface area contributed by atoms with E-state index in [1.165, 1.54) is 19.3 Å². The molecule has 2 N–H and O–H groups in total. The first kappa shape index (κ1) is 20.1. The third kappa shape index (κ3) is 5.92. The molecule has 0 unspecified atom stereocenters. The van der Waals surface area contributed by atoms with Crippen molar-refractivity contribution in [2.24, 2.45) is 0 Å². The Labute approximate surface area is 173 Å². The SMILES string of the molecule is CNC(=O)c1cc(Oc2ccc(NC(=O)/C=C/c3ccc(Cl)cc3)cc2)ccn1. The number of carbonyl (C=O) groups is 2. The second kappa shape index (κ2) is 9.52. The lowest BCUT2D eigenvalue weighted by Crippen LogP contribution is -2.18. The number of ether oxygens (including phenoxy) is 1. The number of hydrogen-bond donors (Lipinski definition) is 2. The number of anilines is 1. The Morgan fingerprint density at radius 2 is 1.72 bits per heavy atom. The molecule has 0 radical (unpaired) electrons. The van der Waals surface area contributed by atoms with Gasteiger partial charge in [0, 0.05) is 36.1 Å². The fraction of sp³-hybridized carbons (Fsp3) is 0.0455. The monoisotopic (exact) mass is 407 g/mol. The van der Waals surface area contributed by atoms with Crippen LogP contribution in [0.15, 0.2) is 72.9 Å². The highest BCUT2D eigenvalue weighted by Crippen LogP contribution is 2.23. The van der Waals surface area contributed by atoms with Crippen molar-refractivity contribution in [2.75, 3.05) is 12.4 Å². The van der Waals surface area contributed by atoms with Crippen LogP contribution in [0, 0.1) is 0 Å². The Balaban J connectivity index is 1.59. The van der Waals surface area contributed by atoms with Gasteiger partial charge in [-0.2, -0.15) is 0 Å². The minimum Gasteiger partial charge on any atom is -0.457 e. The molecule has 29 heavy (non-hydrogen) atoms. The van der Waals surface area contributed by atoms with E-state index >= 15 is 0 Å². The summed E-state index contributed by atoms with van der Waals surface area (Å²) < 4.78 is 5.73. The van der Waals surface area contributed by atoms with Crippen LogP contribution in [0.25, 0.3) is 6.08 Å². The predicted molar refractivity (Wildman–Crippen MR) is 113 cm³/mol. The van der Waals surface area contributed by atoms with Crippen LogP contribution >= 0.6 is 11.6 Å². The molecule has 146 valence electrons. The third-order valence-corrected chi connectivity index (χ3v) is 4.10. The van der Waals surface area contributed by atoms with E-state index in [1.807, 2.05) is 12.1 Å². The number of aromatic nitrogens is 1. The second-order valence-corrected chi connectivity index (χ2v) is 6.39. The van der Waals surface area contributed by atoms with Crippen molar-refractivity contribution in [1.29, 1.82) is 0 Å². The van der Waals surface area contributed by atoms with E-state index < -0.39 is 0 Å². The topological polar surface area (TPSA) is 80.3 Å². The second-order valence-electron chi connectivity index (χ2n) is 5.96. The van der Waals surface area contributed by atoms with Gasteiger partial charge in [-0.3, -0.25) is 14.6 Å². The van der Waals surface area contributed by atoms with Gasteiger partial charge in [0.1, 0.15) is 17.2 Å². The number of rotatable bonds is 6. The van der Waals surface area contributed by atoms with Gasteiger partial charge in [-0.1, -0.05) is 23.7 Å². The number of nitrogens with zero attached hydrogens (tertiary/aromatic N) is 1. The Bertz CT molecular complexity index is 1030. The van der Waals surface area contributed by atoms with Crippen molar-refractivity contribution in [3.05, 3.63) is 89.2 Å². The molecule has 0 aliphatic carbocycles. The van der Waals surface area contributed by atoms with Gasteiger partial charge >= 0.3 is 0 Å². The first-order valence-electron chi connectivity index (χ1n) is 8.74. The number of nitrogens with one attached hydrogen (secondary N) is 2. The van der Waals surface area contributed by atoms with Crippen LogP contribution in [0.5, 0.6) is 11.5 Å². The third-order valence-electron chi connectivity index (χ3n) is 3.85. The molecule has 3 aromatic rings. The van der Waals surface area contributed by atoms with Gasteiger partial charge < -0.3 is 15.4 Å². The van der Waals surface area contributed by atoms with Crippen LogP contribution < -0.4 is 15.4 Å². The summed E-state index contributed by atoms with van der Waals surface area (Å²) in [5, 5.41) is 5.93. The largest absolute Gasteiger partial charge is 0.457 e. The van der Waals surface area contributed by atoms with E-state index in [0.717, 1.165) is 5.56 Å². The molecule has 2 aromatic carbocycles. The fourth-order valence-electron chi connectivity index (χ4n) is 2.40. The van der Waals surface area contributed by atoms with Crippen molar-refractivity contribution in [2.45, 2.75) is 0 Å². The lowest BCUT2D eigenvalue weighted by atomic mass is 10.2. The summed E-state index contributed by atoms with van der Waals surface area (Å²) in [5.41, 5.74) is 1.77. The molecule has 0 saturated heterocycles. The number of hydrogen-bond acceptors (Lipinski definition) is 4. The van der Waals surface area contributed by atoms with Crippen LogP contribution in [0.2, 0.25) is 5.02 Å². The highest BCUT2D eigenvalue weighted by Gasteiger charge is 2.07. The first-order valence-corrected chi connectivity index (χ1v) is 9.12. The minimum atomic E-state index is -0.292. The maximum atomic E-state index is 12.1. The molecule has 0 spiro atoms. The first-order chi connectivity index (χ1) is 14.0. The quantitative estimate of drug-likeness (QED) is 0.588. The molecule has 0 atom stereocenters. The summed E-state index contributed by atoms with van der Waals surface area (Å²) >= 11 is 5.84. The molecular formula is C22H18ClN3O3. The van der Waals surface area contributed by atoms with Gasteiger partial charge in [0.15, 0.2) is 0 Å². The van der Waals surface area contributed by atoms with E-state index in [1.54, 1.807) is 54.6 Å². The van der Waals surface area contributed by atoms with Gasteiger partial charge in [0.05, 0.1) is 0 Å². The lowest BCUT2D eigenvalue weighted by molar-refractivity contribution is -0.111. The molecule has 2 amide bonds. The lowest BCUT2D eigenvalue weighted by Gasteiger charge is -2.08. The van der Waals surface area contributed by atoms with Gasteiger partial charge in [-0.25, -0.2) is 0 Å². The Hall–Kier alpha value is -3.64. The minimum absolute atomic E-state index is 0.252. The summed E-state index contributed by atoms with van der Waals surface area (Å²) in [6.45, 7) is 0. The molecule has 3 rings (SSSR count). The maximum absolute atomic E-state index is 12.1. The average Bonchev–Trinajstić information content (AvgIpc) is 2.74. The molecule has 7 heteroatoms. The van der Waals surface area contributed by atoms with E-state index in [0.29, 0.717) is 22.2 Å². The zero-order chi connectivity index (χ0) is 20.6. The van der Waals surface area contributed by atoms with Crippen LogP contribution in [0.3, 0.4) is 0 Å². The number of carbonyl (C=O) groups excluding carboxylic acids is 2. The molecule has 1 heterocycles. The summed E-state index contributed by atoms with van der Waals surface area (Å²) in [5.74, 6) is 0.508. The van der Waals surface area contributed by atoms with Crippen molar-refractivity contribution in [3.63, 3.8) is 0 Å². The zero-order valence-electron chi connectivity index (χ0n) is 15.6. The van der Waals surface area contributed by atoms with Crippen LogP contribution in [0.1, 0.15) is 16.1 Å².